The first-order chi connectivity index (χ1) is 5.84. The van der Waals surface area contributed by atoms with Crippen LogP contribution in [0.4, 0.5) is 0 Å². The molecule has 1 aromatic rings. The highest BCUT2D eigenvalue weighted by Gasteiger charge is 2.12. The van der Waals surface area contributed by atoms with Crippen LogP contribution in [-0.4, -0.2) is 11.0 Å². The summed E-state index contributed by atoms with van der Waals surface area (Å²) in [5.41, 5.74) is 7.22. The largest absolute Gasteiger partial charge is 0.324 e. The molecule has 3 heteroatoms. The van der Waals surface area contributed by atoms with E-state index in [0.717, 1.165) is 19.3 Å². The van der Waals surface area contributed by atoms with Crippen molar-refractivity contribution in [2.45, 2.75) is 25.3 Å². The Bertz CT molecular complexity index is 277. The molecule has 0 radical (unpaired) electrons. The lowest BCUT2D eigenvalue weighted by Gasteiger charge is -1.95. The first-order valence-electron chi connectivity index (χ1n) is 4.18. The van der Waals surface area contributed by atoms with Crippen LogP contribution in [0.2, 0.25) is 0 Å². The lowest BCUT2D eigenvalue weighted by atomic mass is 10.2. The van der Waals surface area contributed by atoms with Gasteiger partial charge in [-0.2, -0.15) is 0 Å². The van der Waals surface area contributed by atoms with Crippen LogP contribution in [0.3, 0.4) is 0 Å². The lowest BCUT2D eigenvalue weighted by molar-refractivity contribution is 0.769. The molecule has 0 saturated heterocycles. The van der Waals surface area contributed by atoms with Gasteiger partial charge in [0.1, 0.15) is 0 Å². The van der Waals surface area contributed by atoms with Gasteiger partial charge in [0.2, 0.25) is 0 Å². The number of hydrogen-bond donors (Lipinski definition) is 1. The molecule has 0 spiro atoms. The number of rotatable bonds is 2. The molecule has 1 unspecified atom stereocenters. The highest BCUT2D eigenvalue weighted by atomic mass is 32.1. The summed E-state index contributed by atoms with van der Waals surface area (Å²) < 4.78 is 0. The minimum absolute atomic E-state index is 0.292. The zero-order valence-electron chi connectivity index (χ0n) is 6.86. The molecule has 1 aliphatic rings. The van der Waals surface area contributed by atoms with E-state index in [1.54, 1.807) is 11.3 Å². The summed E-state index contributed by atoms with van der Waals surface area (Å²) in [5, 5.41) is 3.22. The van der Waals surface area contributed by atoms with Gasteiger partial charge in [0.15, 0.2) is 0 Å². The maximum atomic E-state index is 5.76. The summed E-state index contributed by atoms with van der Waals surface area (Å²) in [4.78, 5) is 4.24. The van der Waals surface area contributed by atoms with E-state index in [-0.39, 0.29) is 0 Å². The van der Waals surface area contributed by atoms with Gasteiger partial charge >= 0.3 is 0 Å². The van der Waals surface area contributed by atoms with Gasteiger partial charge in [-0.15, -0.1) is 11.3 Å². The predicted octanol–water partition coefficient (Wildman–Crippen LogP) is 1.73. The molecule has 1 aromatic heterocycles. The maximum absolute atomic E-state index is 5.76. The topological polar surface area (TPSA) is 38.9 Å². The van der Waals surface area contributed by atoms with Crippen molar-refractivity contribution >= 4 is 11.3 Å². The fourth-order valence-electron chi connectivity index (χ4n) is 1.50. The van der Waals surface area contributed by atoms with Crippen LogP contribution < -0.4 is 5.73 Å². The van der Waals surface area contributed by atoms with Crippen molar-refractivity contribution in [3.8, 4) is 0 Å². The highest BCUT2D eigenvalue weighted by molar-refractivity contribution is 7.09. The second kappa shape index (κ2) is 3.37. The zero-order valence-corrected chi connectivity index (χ0v) is 7.68. The van der Waals surface area contributed by atoms with Crippen LogP contribution in [0.1, 0.15) is 17.8 Å². The Morgan fingerprint density at radius 1 is 1.67 bits per heavy atom. The molecule has 0 amide bonds. The van der Waals surface area contributed by atoms with E-state index in [2.05, 4.69) is 11.1 Å². The van der Waals surface area contributed by atoms with Crippen molar-refractivity contribution in [2.24, 2.45) is 5.73 Å². The van der Waals surface area contributed by atoms with Crippen LogP contribution in [0.25, 0.3) is 0 Å². The Balaban J connectivity index is 2.00. The van der Waals surface area contributed by atoms with Gasteiger partial charge in [-0.3, -0.25) is 0 Å². The molecule has 1 heterocycles. The fourth-order valence-corrected chi connectivity index (χ4v) is 2.17. The molecule has 64 valence electrons. The number of aromatic nitrogens is 1. The normalized spacial score (nSPS) is 22.8. The molecular weight excluding hydrogens is 168 g/mol. The van der Waals surface area contributed by atoms with E-state index in [9.17, 15) is 0 Å². The monoisotopic (exact) mass is 180 g/mol. The molecule has 2 nitrogen and oxygen atoms in total. The summed E-state index contributed by atoms with van der Waals surface area (Å²) >= 11 is 1.72. The van der Waals surface area contributed by atoms with Crippen LogP contribution in [0.5, 0.6) is 0 Å². The van der Waals surface area contributed by atoms with Crippen LogP contribution >= 0.6 is 11.3 Å². The summed E-state index contributed by atoms with van der Waals surface area (Å²) in [7, 11) is 0. The minimum Gasteiger partial charge on any atom is -0.324 e. The molecule has 1 atom stereocenters. The molecular formula is C9H12N2S. The van der Waals surface area contributed by atoms with Crippen LogP contribution in [-0.2, 0) is 6.42 Å². The van der Waals surface area contributed by atoms with Crippen molar-refractivity contribution < 1.29 is 0 Å². The fraction of sp³-hybridized carbons (Fsp3) is 0.444. The molecule has 0 aromatic carbocycles. The first-order valence-corrected chi connectivity index (χ1v) is 5.06. The Hall–Kier alpha value is -0.670. The Labute approximate surface area is 76.1 Å². The third kappa shape index (κ3) is 1.73. The molecule has 1 aliphatic carbocycles. The predicted molar refractivity (Wildman–Crippen MR) is 51.1 cm³/mol. The summed E-state index contributed by atoms with van der Waals surface area (Å²) in [6, 6.07) is 0.292. The Morgan fingerprint density at radius 2 is 2.58 bits per heavy atom. The number of nitrogens with two attached hydrogens (primary N) is 1. The lowest BCUT2D eigenvalue weighted by Crippen LogP contribution is -2.11. The van der Waals surface area contributed by atoms with Gasteiger partial charge < -0.3 is 5.73 Å². The van der Waals surface area contributed by atoms with Crippen molar-refractivity contribution in [3.63, 3.8) is 0 Å². The minimum atomic E-state index is 0.292. The highest BCUT2D eigenvalue weighted by Crippen LogP contribution is 2.21. The van der Waals surface area contributed by atoms with Crippen LogP contribution in [0.15, 0.2) is 23.2 Å². The third-order valence-electron chi connectivity index (χ3n) is 2.11. The van der Waals surface area contributed by atoms with Gasteiger partial charge in [-0.1, -0.05) is 11.6 Å². The number of nitrogens with zero attached hydrogens (tertiary/aromatic N) is 1. The number of allylic oxidation sites excluding steroid dienone is 1. The second-order valence-electron chi connectivity index (χ2n) is 3.13. The summed E-state index contributed by atoms with van der Waals surface area (Å²) in [6.07, 6.45) is 7.31. The Morgan fingerprint density at radius 3 is 3.17 bits per heavy atom. The maximum Gasteiger partial charge on any atom is 0.0965 e. The summed E-state index contributed by atoms with van der Waals surface area (Å²) in [6.45, 7) is 0. The quantitative estimate of drug-likeness (QED) is 0.704. The van der Waals surface area contributed by atoms with Gasteiger partial charge in [-0.25, -0.2) is 4.98 Å². The van der Waals surface area contributed by atoms with E-state index < -0.39 is 0 Å². The second-order valence-corrected chi connectivity index (χ2v) is 4.11. The van der Waals surface area contributed by atoms with Crippen molar-refractivity contribution in [2.75, 3.05) is 0 Å². The van der Waals surface area contributed by atoms with E-state index in [1.165, 1.54) is 10.6 Å². The van der Waals surface area contributed by atoms with E-state index in [1.807, 2.05) is 11.6 Å². The van der Waals surface area contributed by atoms with Crippen molar-refractivity contribution in [1.29, 1.82) is 0 Å². The average Bonchev–Trinajstić information content (AvgIpc) is 2.63. The van der Waals surface area contributed by atoms with Crippen molar-refractivity contribution in [1.82, 2.24) is 4.98 Å². The first kappa shape index (κ1) is 7.95. The molecule has 2 rings (SSSR count). The summed E-state index contributed by atoms with van der Waals surface area (Å²) in [5.74, 6) is 0. The van der Waals surface area contributed by atoms with Crippen molar-refractivity contribution in [3.05, 3.63) is 28.2 Å². The van der Waals surface area contributed by atoms with Crippen LogP contribution in [0, 0.1) is 0 Å². The van der Waals surface area contributed by atoms with Gasteiger partial charge in [-0.05, 0) is 12.8 Å². The smallest absolute Gasteiger partial charge is 0.0965 e. The van der Waals surface area contributed by atoms with Gasteiger partial charge in [0, 0.05) is 24.0 Å². The molecule has 2 N–H and O–H groups in total. The van der Waals surface area contributed by atoms with Gasteiger partial charge in [0.25, 0.3) is 0 Å². The van der Waals surface area contributed by atoms with Gasteiger partial charge in [0.05, 0.1) is 5.01 Å². The van der Waals surface area contributed by atoms with E-state index in [0.29, 0.717) is 6.04 Å². The molecule has 0 saturated carbocycles. The SMILES string of the molecule is NC1C=C(Cc2nccs2)CC1. The molecule has 12 heavy (non-hydrogen) atoms. The Kier molecular flexibility index (Phi) is 2.23. The average molecular weight is 180 g/mol. The number of hydrogen-bond acceptors (Lipinski definition) is 3. The third-order valence-corrected chi connectivity index (χ3v) is 2.89. The molecule has 0 aliphatic heterocycles. The standard InChI is InChI=1S/C9H12N2S/c10-8-2-1-7(5-8)6-9-11-3-4-12-9/h3-5,8H,1-2,6,10H2. The van der Waals surface area contributed by atoms with E-state index >= 15 is 0 Å². The molecule has 0 fully saturated rings. The molecule has 0 bridgehead atoms. The van der Waals surface area contributed by atoms with E-state index in [4.69, 9.17) is 5.73 Å². The zero-order chi connectivity index (χ0) is 8.39. The number of thiazole rings is 1.